The number of thiophene rings is 1. The highest BCUT2D eigenvalue weighted by Gasteiger charge is 2.35. The molecule has 0 aliphatic heterocycles. The molecule has 0 saturated heterocycles. The number of amides is 1. The van der Waals surface area contributed by atoms with Crippen molar-refractivity contribution in [3.05, 3.63) is 55.7 Å². The summed E-state index contributed by atoms with van der Waals surface area (Å²) in [6.45, 7) is 2.11. The predicted molar refractivity (Wildman–Crippen MR) is 79.4 cm³/mol. The predicted octanol–water partition coefficient (Wildman–Crippen LogP) is 4.77. The van der Waals surface area contributed by atoms with Crippen molar-refractivity contribution in [2.24, 2.45) is 0 Å². The van der Waals surface area contributed by atoms with Crippen LogP contribution in [0.5, 0.6) is 0 Å². The molecule has 1 amide bonds. The van der Waals surface area contributed by atoms with E-state index in [9.17, 15) is 18.0 Å². The van der Waals surface area contributed by atoms with Crippen LogP contribution >= 0.6 is 27.3 Å². The molecule has 2 rings (SSSR count). The van der Waals surface area contributed by atoms with Crippen molar-refractivity contribution in [3.8, 4) is 0 Å². The van der Waals surface area contributed by atoms with Gasteiger partial charge in [0.15, 0.2) is 0 Å². The summed E-state index contributed by atoms with van der Waals surface area (Å²) >= 11 is 4.44. The van der Waals surface area contributed by atoms with E-state index in [4.69, 9.17) is 0 Å². The number of hydrogen-bond acceptors (Lipinski definition) is 2. The van der Waals surface area contributed by atoms with Crippen molar-refractivity contribution in [3.63, 3.8) is 0 Å². The molecular weight excluding hydrogens is 367 g/mol. The molecule has 0 aliphatic carbocycles. The summed E-state index contributed by atoms with van der Waals surface area (Å²) < 4.78 is 39.2. The van der Waals surface area contributed by atoms with Crippen LogP contribution in [-0.2, 0) is 12.7 Å². The number of alkyl halides is 3. The standard InChI is InChI=1S/C14H11BrF3NOS/c1-8-4-5-21-12(8)7-19-13(20)10-3-2-9(15)6-11(10)14(16,17)18/h2-6H,7H2,1H3,(H,19,20). The van der Waals surface area contributed by atoms with Gasteiger partial charge in [-0.2, -0.15) is 13.2 Å². The number of carbonyl (C=O) groups is 1. The summed E-state index contributed by atoms with van der Waals surface area (Å²) in [5.74, 6) is -0.734. The molecule has 0 radical (unpaired) electrons. The molecule has 7 heteroatoms. The molecular formula is C14H11BrF3NOS. The Bertz CT molecular complexity index is 666. The lowest BCUT2D eigenvalue weighted by Gasteiger charge is -2.13. The smallest absolute Gasteiger partial charge is 0.347 e. The van der Waals surface area contributed by atoms with Crippen LogP contribution in [0.25, 0.3) is 0 Å². The molecule has 1 heterocycles. The lowest BCUT2D eigenvalue weighted by Crippen LogP contribution is -2.25. The Morgan fingerprint density at radius 2 is 2.05 bits per heavy atom. The molecule has 0 fully saturated rings. The molecule has 0 spiro atoms. The van der Waals surface area contributed by atoms with E-state index in [0.29, 0.717) is 0 Å². The molecule has 0 bridgehead atoms. The van der Waals surface area contributed by atoms with E-state index in [-0.39, 0.29) is 16.6 Å². The van der Waals surface area contributed by atoms with E-state index in [1.165, 1.54) is 23.5 Å². The molecule has 0 atom stereocenters. The highest BCUT2D eigenvalue weighted by atomic mass is 79.9. The average molecular weight is 378 g/mol. The van der Waals surface area contributed by atoms with Gasteiger partial charge in [0.2, 0.25) is 0 Å². The monoisotopic (exact) mass is 377 g/mol. The van der Waals surface area contributed by atoms with Gasteiger partial charge in [-0.05, 0) is 42.1 Å². The second-order valence-corrected chi connectivity index (χ2v) is 6.31. The maximum absolute atomic E-state index is 13.0. The Kier molecular flexibility index (Phi) is 4.73. The van der Waals surface area contributed by atoms with Gasteiger partial charge in [0.25, 0.3) is 5.91 Å². The number of carbonyl (C=O) groups excluding carboxylic acids is 1. The van der Waals surface area contributed by atoms with Crippen molar-refractivity contribution < 1.29 is 18.0 Å². The minimum Gasteiger partial charge on any atom is -0.347 e. The number of halogens is 4. The minimum absolute atomic E-state index is 0.218. The van der Waals surface area contributed by atoms with Crippen molar-refractivity contribution in [1.29, 1.82) is 0 Å². The van der Waals surface area contributed by atoms with Crippen molar-refractivity contribution in [1.82, 2.24) is 5.32 Å². The van der Waals surface area contributed by atoms with E-state index >= 15 is 0 Å². The quantitative estimate of drug-likeness (QED) is 0.819. The zero-order valence-corrected chi connectivity index (χ0v) is 13.3. The van der Waals surface area contributed by atoms with E-state index in [1.54, 1.807) is 0 Å². The Morgan fingerprint density at radius 1 is 1.33 bits per heavy atom. The number of hydrogen-bond donors (Lipinski definition) is 1. The maximum atomic E-state index is 13.0. The largest absolute Gasteiger partial charge is 0.417 e. The third-order valence-electron chi connectivity index (χ3n) is 2.91. The SMILES string of the molecule is Cc1ccsc1CNC(=O)c1ccc(Br)cc1C(F)(F)F. The topological polar surface area (TPSA) is 29.1 Å². The van der Waals surface area contributed by atoms with Crippen molar-refractivity contribution >= 4 is 33.2 Å². The van der Waals surface area contributed by atoms with E-state index < -0.39 is 17.6 Å². The van der Waals surface area contributed by atoms with Crippen LogP contribution in [-0.4, -0.2) is 5.91 Å². The zero-order chi connectivity index (χ0) is 15.6. The second-order valence-electron chi connectivity index (χ2n) is 4.40. The summed E-state index contributed by atoms with van der Waals surface area (Å²) in [7, 11) is 0. The summed E-state index contributed by atoms with van der Waals surface area (Å²) in [5.41, 5.74) is -0.315. The van der Waals surface area contributed by atoms with Crippen LogP contribution in [0.1, 0.15) is 26.4 Å². The van der Waals surface area contributed by atoms with Crippen LogP contribution in [0.15, 0.2) is 34.1 Å². The van der Waals surface area contributed by atoms with Crippen molar-refractivity contribution in [2.75, 3.05) is 0 Å². The van der Waals surface area contributed by atoms with Gasteiger partial charge >= 0.3 is 6.18 Å². The summed E-state index contributed by atoms with van der Waals surface area (Å²) in [4.78, 5) is 12.9. The van der Waals surface area contributed by atoms with Crippen LogP contribution in [0.4, 0.5) is 13.2 Å². The number of rotatable bonds is 3. The fraction of sp³-hybridized carbons (Fsp3) is 0.214. The molecule has 0 unspecified atom stereocenters. The summed E-state index contributed by atoms with van der Waals surface area (Å²) in [5, 5.41) is 4.40. The Labute approximate surface area is 132 Å². The van der Waals surface area contributed by atoms with Gasteiger partial charge in [-0.1, -0.05) is 15.9 Å². The number of nitrogens with one attached hydrogen (secondary N) is 1. The van der Waals surface area contributed by atoms with Gasteiger partial charge in [-0.25, -0.2) is 0 Å². The molecule has 21 heavy (non-hydrogen) atoms. The third-order valence-corrected chi connectivity index (χ3v) is 4.43. The van der Waals surface area contributed by atoms with Crippen LogP contribution in [0.3, 0.4) is 0 Å². The Balaban J connectivity index is 2.21. The summed E-state index contributed by atoms with van der Waals surface area (Å²) in [6.07, 6.45) is -4.57. The Hall–Kier alpha value is -1.34. The number of aryl methyl sites for hydroxylation is 1. The first-order valence-electron chi connectivity index (χ1n) is 5.97. The molecule has 2 nitrogen and oxygen atoms in total. The van der Waals surface area contributed by atoms with Gasteiger partial charge in [-0.3, -0.25) is 4.79 Å². The normalized spacial score (nSPS) is 11.5. The highest BCUT2D eigenvalue weighted by molar-refractivity contribution is 9.10. The van der Waals surface area contributed by atoms with Gasteiger partial charge in [0.1, 0.15) is 0 Å². The average Bonchev–Trinajstić information content (AvgIpc) is 2.80. The fourth-order valence-electron chi connectivity index (χ4n) is 1.79. The first kappa shape index (κ1) is 16.0. The second kappa shape index (κ2) is 6.19. The van der Waals surface area contributed by atoms with Crippen LogP contribution in [0, 0.1) is 6.92 Å². The van der Waals surface area contributed by atoms with E-state index in [0.717, 1.165) is 16.5 Å². The lowest BCUT2D eigenvalue weighted by atomic mass is 10.1. The number of benzene rings is 1. The third kappa shape index (κ3) is 3.85. The van der Waals surface area contributed by atoms with Crippen LogP contribution < -0.4 is 5.32 Å². The molecule has 1 aromatic heterocycles. The molecule has 0 aliphatic rings. The lowest BCUT2D eigenvalue weighted by molar-refractivity contribution is -0.138. The first-order valence-corrected chi connectivity index (χ1v) is 7.64. The van der Waals surface area contributed by atoms with E-state index in [1.807, 2.05) is 18.4 Å². The maximum Gasteiger partial charge on any atom is 0.417 e. The van der Waals surface area contributed by atoms with E-state index in [2.05, 4.69) is 21.2 Å². The van der Waals surface area contributed by atoms with Crippen molar-refractivity contribution in [2.45, 2.75) is 19.6 Å². The zero-order valence-electron chi connectivity index (χ0n) is 10.9. The molecule has 1 aromatic carbocycles. The minimum atomic E-state index is -4.57. The molecule has 1 N–H and O–H groups in total. The molecule has 2 aromatic rings. The van der Waals surface area contributed by atoms with Gasteiger partial charge in [0, 0.05) is 9.35 Å². The molecule has 112 valence electrons. The van der Waals surface area contributed by atoms with Gasteiger partial charge in [0.05, 0.1) is 17.7 Å². The summed E-state index contributed by atoms with van der Waals surface area (Å²) in [6, 6.07) is 5.39. The van der Waals surface area contributed by atoms with Gasteiger partial charge < -0.3 is 5.32 Å². The molecule has 0 saturated carbocycles. The fourth-order valence-corrected chi connectivity index (χ4v) is 3.00. The first-order chi connectivity index (χ1) is 9.79. The highest BCUT2D eigenvalue weighted by Crippen LogP contribution is 2.33. The van der Waals surface area contributed by atoms with Crippen LogP contribution in [0.2, 0.25) is 0 Å². The van der Waals surface area contributed by atoms with Gasteiger partial charge in [-0.15, -0.1) is 11.3 Å². The Morgan fingerprint density at radius 3 is 2.62 bits per heavy atom.